The van der Waals surface area contributed by atoms with Crippen LogP contribution in [0.15, 0.2) is 48.5 Å². The Morgan fingerprint density at radius 1 is 1.10 bits per heavy atom. The van der Waals surface area contributed by atoms with E-state index < -0.39 is 0 Å². The van der Waals surface area contributed by atoms with Crippen LogP contribution in [0.2, 0.25) is 5.02 Å². The van der Waals surface area contributed by atoms with Gasteiger partial charge in [-0.25, -0.2) is 0 Å². The molecule has 1 nitrogen and oxygen atoms in total. The van der Waals surface area contributed by atoms with E-state index in [9.17, 15) is 0 Å². The highest BCUT2D eigenvalue weighted by molar-refractivity contribution is 6.30. The van der Waals surface area contributed by atoms with E-state index in [2.05, 4.69) is 48.6 Å². The number of hydrogen-bond donors (Lipinski definition) is 1. The van der Waals surface area contributed by atoms with Crippen molar-refractivity contribution >= 4 is 17.3 Å². The van der Waals surface area contributed by atoms with Crippen molar-refractivity contribution < 1.29 is 0 Å². The summed E-state index contributed by atoms with van der Waals surface area (Å²) in [6.45, 7) is 2.20. The zero-order valence-electron chi connectivity index (χ0n) is 11.8. The third-order valence-electron chi connectivity index (χ3n) is 4.03. The van der Waals surface area contributed by atoms with Crippen LogP contribution in [0.25, 0.3) is 0 Å². The van der Waals surface area contributed by atoms with Gasteiger partial charge in [-0.3, -0.25) is 0 Å². The minimum atomic E-state index is 0.403. The van der Waals surface area contributed by atoms with Crippen molar-refractivity contribution in [1.82, 2.24) is 0 Å². The van der Waals surface area contributed by atoms with Crippen molar-refractivity contribution in [3.8, 4) is 0 Å². The fraction of sp³-hybridized carbons (Fsp3) is 0.333. The molecule has 1 aliphatic rings. The first-order chi connectivity index (χ1) is 9.78. The van der Waals surface area contributed by atoms with Crippen LogP contribution in [0.1, 0.15) is 36.9 Å². The number of hydrogen-bond acceptors (Lipinski definition) is 1. The molecule has 0 spiro atoms. The molecule has 0 amide bonds. The van der Waals surface area contributed by atoms with Gasteiger partial charge in [0.25, 0.3) is 0 Å². The van der Waals surface area contributed by atoms with Crippen molar-refractivity contribution in [2.24, 2.45) is 5.92 Å². The molecule has 0 radical (unpaired) electrons. The standard InChI is InChI=1S/C18H20ClN/c1-2-13-5-3-4-6-17(13)20-18(14-7-8-14)15-9-11-16(19)12-10-15/h3-6,9-12,14,18,20H,2,7-8H2,1H3. The lowest BCUT2D eigenvalue weighted by molar-refractivity contribution is 0.678. The van der Waals surface area contributed by atoms with Gasteiger partial charge in [-0.15, -0.1) is 0 Å². The van der Waals surface area contributed by atoms with Crippen molar-refractivity contribution in [1.29, 1.82) is 0 Å². The SMILES string of the molecule is CCc1ccccc1NC(c1ccc(Cl)cc1)C1CC1. The van der Waals surface area contributed by atoms with E-state index in [0.717, 1.165) is 17.4 Å². The molecule has 0 bridgehead atoms. The van der Waals surface area contributed by atoms with E-state index in [1.165, 1.54) is 29.7 Å². The molecule has 0 heterocycles. The van der Waals surface area contributed by atoms with Crippen LogP contribution in [-0.4, -0.2) is 0 Å². The highest BCUT2D eigenvalue weighted by Gasteiger charge is 2.32. The summed E-state index contributed by atoms with van der Waals surface area (Å²) in [5.41, 5.74) is 3.98. The lowest BCUT2D eigenvalue weighted by atomic mass is 10.0. The molecule has 1 atom stereocenters. The molecule has 2 aromatic rings. The lowest BCUT2D eigenvalue weighted by Crippen LogP contribution is -2.14. The van der Waals surface area contributed by atoms with Gasteiger partial charge >= 0.3 is 0 Å². The molecule has 1 unspecified atom stereocenters. The molecule has 20 heavy (non-hydrogen) atoms. The Morgan fingerprint density at radius 3 is 2.45 bits per heavy atom. The largest absolute Gasteiger partial charge is 0.378 e. The summed E-state index contributed by atoms with van der Waals surface area (Å²) in [6.07, 6.45) is 3.68. The van der Waals surface area contributed by atoms with Gasteiger partial charge in [0, 0.05) is 10.7 Å². The molecule has 1 N–H and O–H groups in total. The molecule has 3 rings (SSSR count). The van der Waals surface area contributed by atoms with Crippen LogP contribution in [-0.2, 0) is 6.42 Å². The predicted octanol–water partition coefficient (Wildman–Crippen LogP) is 5.47. The molecule has 1 saturated carbocycles. The van der Waals surface area contributed by atoms with Crippen LogP contribution < -0.4 is 5.32 Å². The van der Waals surface area contributed by atoms with Gasteiger partial charge in [0.15, 0.2) is 0 Å². The number of rotatable bonds is 5. The van der Waals surface area contributed by atoms with Crippen LogP contribution in [0, 0.1) is 5.92 Å². The molecule has 1 fully saturated rings. The number of anilines is 1. The van der Waals surface area contributed by atoms with Crippen LogP contribution in [0.4, 0.5) is 5.69 Å². The van der Waals surface area contributed by atoms with Gasteiger partial charge < -0.3 is 5.32 Å². The predicted molar refractivity (Wildman–Crippen MR) is 86.4 cm³/mol. The number of halogens is 1. The summed E-state index contributed by atoms with van der Waals surface area (Å²) in [6, 6.07) is 17.3. The Kier molecular flexibility index (Phi) is 3.98. The third kappa shape index (κ3) is 2.99. The average Bonchev–Trinajstić information content (AvgIpc) is 3.31. The fourth-order valence-corrected chi connectivity index (χ4v) is 2.84. The van der Waals surface area contributed by atoms with Gasteiger partial charge in [-0.2, -0.15) is 0 Å². The first kappa shape index (κ1) is 13.5. The summed E-state index contributed by atoms with van der Waals surface area (Å²) in [7, 11) is 0. The molecule has 104 valence electrons. The van der Waals surface area contributed by atoms with E-state index in [1.807, 2.05) is 12.1 Å². The zero-order valence-corrected chi connectivity index (χ0v) is 12.5. The molecular weight excluding hydrogens is 266 g/mol. The minimum absolute atomic E-state index is 0.403. The number of aryl methyl sites for hydroxylation is 1. The van der Waals surface area contributed by atoms with Gasteiger partial charge in [0.1, 0.15) is 0 Å². The molecule has 0 aliphatic heterocycles. The Balaban J connectivity index is 1.86. The molecular formula is C18H20ClN. The number of benzene rings is 2. The molecule has 0 aromatic heterocycles. The zero-order chi connectivity index (χ0) is 13.9. The van der Waals surface area contributed by atoms with Gasteiger partial charge in [-0.05, 0) is 54.5 Å². The van der Waals surface area contributed by atoms with Gasteiger partial charge in [0.2, 0.25) is 0 Å². The number of para-hydroxylation sites is 1. The Morgan fingerprint density at radius 2 is 1.80 bits per heavy atom. The van der Waals surface area contributed by atoms with E-state index in [-0.39, 0.29) is 0 Å². The average molecular weight is 286 g/mol. The molecule has 1 aliphatic carbocycles. The van der Waals surface area contributed by atoms with Crippen molar-refractivity contribution in [3.63, 3.8) is 0 Å². The highest BCUT2D eigenvalue weighted by Crippen LogP contribution is 2.43. The Hall–Kier alpha value is -1.47. The second-order valence-corrected chi connectivity index (χ2v) is 5.96. The van der Waals surface area contributed by atoms with Crippen LogP contribution >= 0.6 is 11.6 Å². The summed E-state index contributed by atoms with van der Waals surface area (Å²) < 4.78 is 0. The quantitative estimate of drug-likeness (QED) is 0.768. The van der Waals surface area contributed by atoms with Crippen molar-refractivity contribution in [2.75, 3.05) is 5.32 Å². The Labute approximate surface area is 126 Å². The normalized spacial score (nSPS) is 15.9. The smallest absolute Gasteiger partial charge is 0.0542 e. The maximum atomic E-state index is 6.00. The summed E-state index contributed by atoms with van der Waals surface area (Å²) in [5.74, 6) is 0.751. The molecule has 2 aromatic carbocycles. The lowest BCUT2D eigenvalue weighted by Gasteiger charge is -2.22. The van der Waals surface area contributed by atoms with E-state index in [0.29, 0.717) is 6.04 Å². The highest BCUT2D eigenvalue weighted by atomic mass is 35.5. The molecule has 0 saturated heterocycles. The summed E-state index contributed by atoms with van der Waals surface area (Å²) in [4.78, 5) is 0. The first-order valence-corrected chi connectivity index (χ1v) is 7.75. The maximum absolute atomic E-state index is 6.00. The van der Waals surface area contributed by atoms with Crippen LogP contribution in [0.3, 0.4) is 0 Å². The fourth-order valence-electron chi connectivity index (χ4n) is 2.71. The first-order valence-electron chi connectivity index (χ1n) is 7.38. The minimum Gasteiger partial charge on any atom is -0.378 e. The molecule has 2 heteroatoms. The van der Waals surface area contributed by atoms with Crippen molar-refractivity contribution in [2.45, 2.75) is 32.2 Å². The van der Waals surface area contributed by atoms with Gasteiger partial charge in [0.05, 0.1) is 6.04 Å². The number of nitrogens with one attached hydrogen (secondary N) is 1. The summed E-state index contributed by atoms with van der Waals surface area (Å²) in [5, 5.41) is 4.56. The summed E-state index contributed by atoms with van der Waals surface area (Å²) >= 11 is 6.00. The maximum Gasteiger partial charge on any atom is 0.0542 e. The van der Waals surface area contributed by atoms with E-state index in [1.54, 1.807) is 0 Å². The van der Waals surface area contributed by atoms with Gasteiger partial charge in [-0.1, -0.05) is 48.9 Å². The van der Waals surface area contributed by atoms with E-state index in [4.69, 9.17) is 11.6 Å². The van der Waals surface area contributed by atoms with Crippen LogP contribution in [0.5, 0.6) is 0 Å². The Bertz CT molecular complexity index is 572. The third-order valence-corrected chi connectivity index (χ3v) is 4.28. The van der Waals surface area contributed by atoms with E-state index >= 15 is 0 Å². The topological polar surface area (TPSA) is 12.0 Å². The second-order valence-electron chi connectivity index (χ2n) is 5.52. The second kappa shape index (κ2) is 5.88. The monoisotopic (exact) mass is 285 g/mol. The van der Waals surface area contributed by atoms with Crippen molar-refractivity contribution in [3.05, 3.63) is 64.7 Å².